The highest BCUT2D eigenvalue weighted by Gasteiger charge is 2.20. The molecule has 0 saturated heterocycles. The fourth-order valence-electron chi connectivity index (χ4n) is 2.76. The number of aromatic nitrogens is 2. The summed E-state index contributed by atoms with van der Waals surface area (Å²) in [5.74, 6) is -0.130. The summed E-state index contributed by atoms with van der Waals surface area (Å²) in [6.07, 6.45) is 0. The maximum absolute atomic E-state index is 12.5. The van der Waals surface area contributed by atoms with E-state index in [1.807, 2.05) is 32.0 Å². The van der Waals surface area contributed by atoms with Gasteiger partial charge in [-0.2, -0.15) is 5.10 Å². The molecule has 0 fully saturated rings. The molecule has 3 aromatic rings. The zero-order valence-corrected chi connectivity index (χ0v) is 17.3. The fourth-order valence-corrected chi connectivity index (χ4v) is 3.68. The van der Waals surface area contributed by atoms with E-state index in [1.54, 1.807) is 18.2 Å². The number of sulfonamides is 1. The molecule has 0 radical (unpaired) electrons. The minimum absolute atomic E-state index is 0.0101. The van der Waals surface area contributed by atoms with Crippen LogP contribution in [-0.4, -0.2) is 38.7 Å². The van der Waals surface area contributed by atoms with Gasteiger partial charge in [0, 0.05) is 11.3 Å². The summed E-state index contributed by atoms with van der Waals surface area (Å²) in [5.41, 5.74) is 4.11. The van der Waals surface area contributed by atoms with E-state index in [1.165, 1.54) is 20.2 Å². The molecule has 0 spiro atoms. The lowest BCUT2D eigenvalue weighted by Crippen LogP contribution is -2.19. The van der Waals surface area contributed by atoms with Crippen molar-refractivity contribution in [3.8, 4) is 17.0 Å². The van der Waals surface area contributed by atoms with Gasteiger partial charge in [0.15, 0.2) is 0 Å². The van der Waals surface area contributed by atoms with Crippen LogP contribution >= 0.6 is 0 Å². The number of aromatic amines is 1. The topological polar surface area (TPSA) is 113 Å². The minimum Gasteiger partial charge on any atom is -0.495 e. The summed E-state index contributed by atoms with van der Waals surface area (Å²) in [6, 6.07) is 11.9. The minimum atomic E-state index is -3.72. The predicted molar refractivity (Wildman–Crippen MR) is 111 cm³/mol. The largest absolute Gasteiger partial charge is 0.495 e. The summed E-state index contributed by atoms with van der Waals surface area (Å²) in [7, 11) is -1.00. The SMILES string of the molecule is CNS(=O)(=O)c1cc(-c2cc(C(=O)Nc3ccc(C)c(C)c3)[nH]n2)ccc1OC. The first kappa shape index (κ1) is 20.6. The van der Waals surface area contributed by atoms with Crippen LogP contribution in [0.5, 0.6) is 5.75 Å². The lowest BCUT2D eigenvalue weighted by molar-refractivity contribution is 0.102. The predicted octanol–water partition coefficient (Wildman–Crippen LogP) is 2.86. The zero-order chi connectivity index (χ0) is 21.2. The molecular weight excluding hydrogens is 392 g/mol. The molecule has 3 N–H and O–H groups in total. The Kier molecular flexibility index (Phi) is 5.71. The molecule has 29 heavy (non-hydrogen) atoms. The van der Waals surface area contributed by atoms with Crippen LogP contribution in [0, 0.1) is 13.8 Å². The van der Waals surface area contributed by atoms with Crippen LogP contribution in [0.2, 0.25) is 0 Å². The number of hydrogen-bond acceptors (Lipinski definition) is 5. The van der Waals surface area contributed by atoms with E-state index in [2.05, 4.69) is 20.2 Å². The molecule has 0 saturated carbocycles. The Morgan fingerprint density at radius 2 is 1.83 bits per heavy atom. The average molecular weight is 414 g/mol. The fraction of sp³-hybridized carbons (Fsp3) is 0.200. The third kappa shape index (κ3) is 4.30. The number of H-pyrrole nitrogens is 1. The second-order valence-electron chi connectivity index (χ2n) is 6.49. The first-order valence-electron chi connectivity index (χ1n) is 8.81. The average Bonchev–Trinajstić information content (AvgIpc) is 3.20. The molecule has 1 amide bonds. The standard InChI is InChI=1S/C20H22N4O4S/c1-12-5-7-15(9-13(12)2)22-20(25)17-11-16(23-24-17)14-6-8-18(28-4)19(10-14)29(26,27)21-3/h5-11,21H,1-4H3,(H,22,25)(H,23,24). The third-order valence-electron chi connectivity index (χ3n) is 4.60. The number of ether oxygens (including phenoxy) is 1. The number of anilines is 1. The van der Waals surface area contributed by atoms with Gasteiger partial charge in [-0.05, 0) is 68.4 Å². The van der Waals surface area contributed by atoms with E-state index < -0.39 is 10.0 Å². The second kappa shape index (κ2) is 8.06. The van der Waals surface area contributed by atoms with Gasteiger partial charge >= 0.3 is 0 Å². The van der Waals surface area contributed by atoms with Crippen molar-refractivity contribution in [1.82, 2.24) is 14.9 Å². The number of aryl methyl sites for hydroxylation is 2. The number of nitrogens with zero attached hydrogens (tertiary/aromatic N) is 1. The van der Waals surface area contributed by atoms with E-state index in [0.717, 1.165) is 11.1 Å². The van der Waals surface area contributed by atoms with Gasteiger partial charge in [0.2, 0.25) is 10.0 Å². The number of methoxy groups -OCH3 is 1. The Labute approximate surface area is 169 Å². The zero-order valence-electron chi connectivity index (χ0n) is 16.5. The molecule has 3 rings (SSSR count). The van der Waals surface area contributed by atoms with Gasteiger partial charge in [-0.25, -0.2) is 13.1 Å². The van der Waals surface area contributed by atoms with E-state index in [4.69, 9.17) is 4.74 Å². The van der Waals surface area contributed by atoms with Crippen LogP contribution in [0.1, 0.15) is 21.6 Å². The molecule has 0 aliphatic heterocycles. The first-order valence-corrected chi connectivity index (χ1v) is 10.3. The van der Waals surface area contributed by atoms with E-state index >= 15 is 0 Å². The summed E-state index contributed by atoms with van der Waals surface area (Å²) in [5, 5.41) is 9.65. The Bertz CT molecular complexity index is 1170. The van der Waals surface area contributed by atoms with Crippen molar-refractivity contribution < 1.29 is 17.9 Å². The van der Waals surface area contributed by atoms with Gasteiger partial charge in [0.1, 0.15) is 16.3 Å². The van der Waals surface area contributed by atoms with Crippen LogP contribution in [0.25, 0.3) is 11.3 Å². The van der Waals surface area contributed by atoms with Gasteiger partial charge in [-0.3, -0.25) is 9.89 Å². The molecule has 1 aromatic heterocycles. The normalized spacial score (nSPS) is 11.3. The molecule has 9 heteroatoms. The quantitative estimate of drug-likeness (QED) is 0.574. The molecule has 0 aliphatic carbocycles. The van der Waals surface area contributed by atoms with E-state index in [0.29, 0.717) is 16.9 Å². The lowest BCUT2D eigenvalue weighted by Gasteiger charge is -2.10. The van der Waals surface area contributed by atoms with Crippen molar-refractivity contribution in [1.29, 1.82) is 0 Å². The number of rotatable bonds is 6. The summed E-state index contributed by atoms with van der Waals surface area (Å²) >= 11 is 0. The maximum Gasteiger partial charge on any atom is 0.273 e. The Balaban J connectivity index is 1.88. The highest BCUT2D eigenvalue weighted by Crippen LogP contribution is 2.29. The van der Waals surface area contributed by atoms with Crippen molar-refractivity contribution >= 4 is 21.6 Å². The lowest BCUT2D eigenvalue weighted by atomic mass is 10.1. The molecule has 0 atom stereocenters. The number of carbonyl (C=O) groups excluding carboxylic acids is 1. The van der Waals surface area contributed by atoms with Gasteiger partial charge in [0.05, 0.1) is 12.8 Å². The first-order chi connectivity index (χ1) is 13.7. The van der Waals surface area contributed by atoms with Gasteiger partial charge in [-0.1, -0.05) is 6.07 Å². The van der Waals surface area contributed by atoms with Crippen LogP contribution in [0.4, 0.5) is 5.69 Å². The van der Waals surface area contributed by atoms with E-state index in [-0.39, 0.29) is 22.2 Å². The highest BCUT2D eigenvalue weighted by molar-refractivity contribution is 7.89. The molecule has 0 unspecified atom stereocenters. The summed E-state index contributed by atoms with van der Waals surface area (Å²) < 4.78 is 31.9. The number of carbonyl (C=O) groups is 1. The van der Waals surface area contributed by atoms with Gasteiger partial charge < -0.3 is 10.1 Å². The molecule has 0 aliphatic rings. The number of benzene rings is 2. The molecular formula is C20H22N4O4S. The molecule has 8 nitrogen and oxygen atoms in total. The third-order valence-corrected chi connectivity index (χ3v) is 6.04. The highest BCUT2D eigenvalue weighted by atomic mass is 32.2. The van der Waals surface area contributed by atoms with E-state index in [9.17, 15) is 13.2 Å². The summed E-state index contributed by atoms with van der Waals surface area (Å²) in [6.45, 7) is 3.97. The maximum atomic E-state index is 12.5. The van der Waals surface area contributed by atoms with Crippen molar-refractivity contribution in [2.24, 2.45) is 0 Å². The Morgan fingerprint density at radius 1 is 1.07 bits per heavy atom. The molecule has 152 valence electrons. The monoisotopic (exact) mass is 414 g/mol. The Hall–Kier alpha value is -3.17. The van der Waals surface area contributed by atoms with Crippen molar-refractivity contribution in [2.75, 3.05) is 19.5 Å². The number of nitrogens with one attached hydrogen (secondary N) is 3. The molecule has 0 bridgehead atoms. The van der Waals surface area contributed by atoms with Crippen molar-refractivity contribution in [2.45, 2.75) is 18.7 Å². The smallest absolute Gasteiger partial charge is 0.273 e. The van der Waals surface area contributed by atoms with Gasteiger partial charge in [-0.15, -0.1) is 0 Å². The number of amides is 1. The summed E-state index contributed by atoms with van der Waals surface area (Å²) in [4.78, 5) is 12.5. The van der Waals surface area contributed by atoms with Crippen molar-refractivity contribution in [3.63, 3.8) is 0 Å². The van der Waals surface area contributed by atoms with Crippen LogP contribution in [0.15, 0.2) is 47.4 Å². The van der Waals surface area contributed by atoms with Crippen molar-refractivity contribution in [3.05, 3.63) is 59.3 Å². The van der Waals surface area contributed by atoms with Crippen LogP contribution in [0.3, 0.4) is 0 Å². The van der Waals surface area contributed by atoms with Crippen LogP contribution in [-0.2, 0) is 10.0 Å². The molecule has 1 heterocycles. The second-order valence-corrected chi connectivity index (χ2v) is 8.35. The van der Waals surface area contributed by atoms with Gasteiger partial charge in [0.25, 0.3) is 5.91 Å². The number of hydrogen-bond donors (Lipinski definition) is 3. The van der Waals surface area contributed by atoms with Crippen LogP contribution < -0.4 is 14.8 Å². The molecule has 2 aromatic carbocycles. The Morgan fingerprint density at radius 3 is 2.48 bits per heavy atom.